The summed E-state index contributed by atoms with van der Waals surface area (Å²) in [6.07, 6.45) is 11.0. The molecule has 133 valence electrons. The standard InChI is InChI=1S/2C8H16N.2ClH.Cu/c2*1-2-3-8-4-6-9-7-5-8;;;/h2*8H,2-7H2,1H3;2*1H;/q2*-1;;;+2/p-2. The molecule has 0 amide bonds. The van der Waals surface area contributed by atoms with E-state index in [1.165, 1.54) is 51.4 Å². The molecule has 0 aromatic carbocycles. The van der Waals surface area contributed by atoms with Gasteiger partial charge in [-0.1, -0.05) is 65.2 Å². The summed E-state index contributed by atoms with van der Waals surface area (Å²) in [4.78, 5) is 0. The maximum atomic E-state index is 4.67. The quantitative estimate of drug-likeness (QED) is 0.492. The van der Waals surface area contributed by atoms with E-state index in [-0.39, 0.29) is 0 Å². The molecule has 0 bridgehead atoms. The predicted octanol–water partition coefficient (Wildman–Crippen LogP) is 6.52. The summed E-state index contributed by atoms with van der Waals surface area (Å²) in [6, 6.07) is 0. The third-order valence-corrected chi connectivity index (χ3v) is 4.18. The molecular formula is C16H32Cl2CuN2-2. The van der Waals surface area contributed by atoms with Crippen molar-refractivity contribution in [1.29, 1.82) is 0 Å². The molecule has 0 radical (unpaired) electrons. The SMILES string of the molecule is CCCC1CC[N-]CC1.CCCC1CC[N-]CC1.[Cl][Cu][Cl]. The Morgan fingerprint density at radius 3 is 1.29 bits per heavy atom. The third-order valence-electron chi connectivity index (χ3n) is 4.18. The van der Waals surface area contributed by atoms with Crippen molar-refractivity contribution in [1.82, 2.24) is 0 Å². The molecule has 0 atom stereocenters. The molecule has 2 aliphatic rings. The molecule has 5 heteroatoms. The number of rotatable bonds is 4. The Labute approximate surface area is 147 Å². The molecule has 21 heavy (non-hydrogen) atoms. The number of hydrogen-bond acceptors (Lipinski definition) is 0. The second-order valence-electron chi connectivity index (χ2n) is 5.85. The normalized spacial score (nSPS) is 20.2. The van der Waals surface area contributed by atoms with Crippen LogP contribution in [0.15, 0.2) is 0 Å². The van der Waals surface area contributed by atoms with Crippen molar-refractivity contribution >= 4 is 20.2 Å². The minimum absolute atomic E-state index is 0.757. The van der Waals surface area contributed by atoms with Gasteiger partial charge in [-0.3, -0.25) is 0 Å². The predicted molar refractivity (Wildman–Crippen MR) is 93.2 cm³/mol. The van der Waals surface area contributed by atoms with E-state index in [4.69, 9.17) is 0 Å². The first kappa shape index (κ1) is 22.0. The van der Waals surface area contributed by atoms with E-state index >= 15 is 0 Å². The molecule has 0 aromatic heterocycles. The van der Waals surface area contributed by atoms with Crippen LogP contribution in [0.25, 0.3) is 10.6 Å². The van der Waals surface area contributed by atoms with Gasteiger partial charge in [0.25, 0.3) is 0 Å². The summed E-state index contributed by atoms with van der Waals surface area (Å²) >= 11 is 0.757. The van der Waals surface area contributed by atoms with Crippen molar-refractivity contribution in [3.63, 3.8) is 0 Å². The van der Waals surface area contributed by atoms with Crippen LogP contribution >= 0.6 is 20.2 Å². The summed E-state index contributed by atoms with van der Waals surface area (Å²) in [5, 5.41) is 8.62. The minimum atomic E-state index is 0.757. The first-order valence-corrected chi connectivity index (χ1v) is 10.9. The zero-order chi connectivity index (χ0) is 15.8. The van der Waals surface area contributed by atoms with Gasteiger partial charge < -0.3 is 10.6 Å². The molecular weight excluding hydrogens is 355 g/mol. The number of piperidine rings is 2. The second kappa shape index (κ2) is 17.4. The molecule has 0 unspecified atom stereocenters. The van der Waals surface area contributed by atoms with Crippen LogP contribution in [0.1, 0.15) is 65.2 Å². The van der Waals surface area contributed by atoms with Gasteiger partial charge in [0.1, 0.15) is 0 Å². The van der Waals surface area contributed by atoms with Crippen LogP contribution in [-0.2, 0) is 13.1 Å². The monoisotopic (exact) mass is 385 g/mol. The van der Waals surface area contributed by atoms with Crippen LogP contribution in [-0.4, -0.2) is 26.2 Å². The van der Waals surface area contributed by atoms with E-state index in [1.54, 1.807) is 0 Å². The van der Waals surface area contributed by atoms with Gasteiger partial charge in [-0.25, -0.2) is 0 Å². The molecule has 0 aromatic rings. The van der Waals surface area contributed by atoms with Gasteiger partial charge in [-0.05, 0) is 11.8 Å². The number of hydrogen-bond donors (Lipinski definition) is 0. The molecule has 2 saturated heterocycles. The molecule has 0 aliphatic carbocycles. The molecule has 0 N–H and O–H groups in total. The summed E-state index contributed by atoms with van der Waals surface area (Å²) in [5.74, 6) is 2.01. The summed E-state index contributed by atoms with van der Waals surface area (Å²) in [5.41, 5.74) is 0. The number of halogens is 2. The third kappa shape index (κ3) is 14.3. The van der Waals surface area contributed by atoms with E-state index in [9.17, 15) is 0 Å². The van der Waals surface area contributed by atoms with Gasteiger partial charge in [0.15, 0.2) is 0 Å². The van der Waals surface area contributed by atoms with Gasteiger partial charge >= 0.3 is 33.3 Å². The fourth-order valence-corrected chi connectivity index (χ4v) is 3.00. The zero-order valence-electron chi connectivity index (χ0n) is 13.6. The summed E-state index contributed by atoms with van der Waals surface area (Å²) in [7, 11) is 9.34. The summed E-state index contributed by atoms with van der Waals surface area (Å²) < 4.78 is 0. The van der Waals surface area contributed by atoms with Crippen LogP contribution in [0, 0.1) is 11.8 Å². The van der Waals surface area contributed by atoms with Crippen molar-refractivity contribution in [3.8, 4) is 0 Å². The van der Waals surface area contributed by atoms with E-state index in [1.807, 2.05) is 0 Å². The van der Waals surface area contributed by atoms with E-state index in [2.05, 4.69) is 44.7 Å². The van der Waals surface area contributed by atoms with Gasteiger partial charge in [-0.2, -0.15) is 0 Å². The molecule has 2 nitrogen and oxygen atoms in total. The van der Waals surface area contributed by atoms with Crippen molar-refractivity contribution in [2.75, 3.05) is 26.2 Å². The van der Waals surface area contributed by atoms with Gasteiger partial charge in [0.2, 0.25) is 0 Å². The van der Waals surface area contributed by atoms with Gasteiger partial charge in [0, 0.05) is 0 Å². The van der Waals surface area contributed by atoms with Crippen molar-refractivity contribution in [2.45, 2.75) is 65.2 Å². The van der Waals surface area contributed by atoms with Crippen molar-refractivity contribution in [3.05, 3.63) is 10.6 Å². The van der Waals surface area contributed by atoms with Crippen molar-refractivity contribution in [2.24, 2.45) is 11.8 Å². The van der Waals surface area contributed by atoms with E-state index in [0.29, 0.717) is 0 Å². The van der Waals surface area contributed by atoms with E-state index < -0.39 is 0 Å². The fourth-order valence-electron chi connectivity index (χ4n) is 3.00. The molecule has 2 aliphatic heterocycles. The van der Waals surface area contributed by atoms with Crippen LogP contribution in [0.5, 0.6) is 0 Å². The Morgan fingerprint density at radius 1 is 0.762 bits per heavy atom. The second-order valence-corrected chi connectivity index (χ2v) is 7.40. The Bertz CT molecular complexity index is 171. The van der Waals surface area contributed by atoms with Gasteiger partial charge in [0.05, 0.1) is 0 Å². The van der Waals surface area contributed by atoms with Crippen LogP contribution in [0.3, 0.4) is 0 Å². The van der Waals surface area contributed by atoms with Gasteiger partial charge in [-0.15, -0.1) is 26.2 Å². The van der Waals surface area contributed by atoms with Crippen molar-refractivity contribution < 1.29 is 13.1 Å². The molecule has 0 spiro atoms. The Hall–Kier alpha value is 1.02. The first-order chi connectivity index (χ1) is 10.3. The molecule has 2 fully saturated rings. The average molecular weight is 387 g/mol. The molecule has 2 heterocycles. The van der Waals surface area contributed by atoms with Crippen LogP contribution in [0.4, 0.5) is 0 Å². The van der Waals surface area contributed by atoms with E-state index in [0.717, 1.165) is 51.1 Å². The topological polar surface area (TPSA) is 28.2 Å². The van der Waals surface area contributed by atoms with Crippen LogP contribution in [0.2, 0.25) is 0 Å². The Kier molecular flexibility index (Phi) is 18.2. The fraction of sp³-hybridized carbons (Fsp3) is 1.00. The Balaban J connectivity index is 0.000000322. The molecule has 0 saturated carbocycles. The zero-order valence-corrected chi connectivity index (χ0v) is 16.0. The van der Waals surface area contributed by atoms with Crippen LogP contribution < -0.4 is 0 Å². The summed E-state index contributed by atoms with van der Waals surface area (Å²) in [6.45, 7) is 9.06. The average Bonchev–Trinajstić information content (AvgIpc) is 2.52. The number of nitrogens with zero attached hydrogens (tertiary/aromatic N) is 2. The molecule has 2 rings (SSSR count). The first-order valence-electron chi connectivity index (χ1n) is 8.36. The Morgan fingerprint density at radius 2 is 1.05 bits per heavy atom. The maximum absolute atomic E-state index is 4.67.